The molecule has 0 fully saturated rings. The Balaban J connectivity index is 0.909. The van der Waals surface area contributed by atoms with Gasteiger partial charge in [-0.1, -0.05) is 0 Å². The second kappa shape index (κ2) is 12.6. The number of rotatable bonds is 11. The first kappa shape index (κ1) is 34.6. The van der Waals surface area contributed by atoms with E-state index in [1.807, 2.05) is 37.1 Å². The van der Waals surface area contributed by atoms with Crippen molar-refractivity contribution in [2.75, 3.05) is 26.2 Å². The minimum Gasteiger partial charge on any atom is -0.344 e. The molecular weight excluding hydrogens is 696 g/mol. The van der Waals surface area contributed by atoms with Gasteiger partial charge in [0.2, 0.25) is 0 Å². The molecule has 0 unspecified atom stereocenters. The van der Waals surface area contributed by atoms with Crippen LogP contribution >= 0.6 is 0 Å². The molecule has 2 aliphatic rings. The van der Waals surface area contributed by atoms with E-state index in [9.17, 15) is 39.4 Å². The van der Waals surface area contributed by atoms with Gasteiger partial charge >= 0.3 is 0 Å². The van der Waals surface area contributed by atoms with Crippen molar-refractivity contribution in [2.24, 2.45) is 14.1 Å². The number of nitrogens with zero attached hydrogens (tertiary/aromatic N) is 6. The molecule has 8 rings (SSSR count). The minimum atomic E-state index is -0.490. The lowest BCUT2D eigenvalue weighted by Crippen LogP contribution is -2.46. The number of benzene rings is 4. The fraction of sp³-hybridized carbons (Fsp3) is 0.263. The summed E-state index contributed by atoms with van der Waals surface area (Å²) in [7, 11) is 3.62. The monoisotopic (exact) mass is 730 g/mol. The van der Waals surface area contributed by atoms with E-state index in [1.165, 1.54) is 34.1 Å². The zero-order chi connectivity index (χ0) is 38.3. The van der Waals surface area contributed by atoms with Crippen LogP contribution in [0.2, 0.25) is 0 Å². The summed E-state index contributed by atoms with van der Waals surface area (Å²) >= 11 is 0. The van der Waals surface area contributed by atoms with Crippen LogP contribution in [0.3, 0.4) is 0 Å². The fourth-order valence-corrected chi connectivity index (χ4v) is 8.00. The number of carbonyl (C=O) groups excluding carboxylic acids is 4. The molecule has 4 heterocycles. The highest BCUT2D eigenvalue weighted by molar-refractivity contribution is 6.31. The molecule has 54 heavy (non-hydrogen) atoms. The van der Waals surface area contributed by atoms with E-state index in [-0.39, 0.29) is 58.8 Å². The number of imide groups is 2. The first-order chi connectivity index (χ1) is 25.8. The maximum Gasteiger partial charge on any atom is 0.270 e. The predicted octanol–water partition coefficient (Wildman–Crippen LogP) is 4.64. The van der Waals surface area contributed by atoms with Crippen molar-refractivity contribution in [3.63, 3.8) is 0 Å². The van der Waals surface area contributed by atoms with E-state index in [0.717, 1.165) is 0 Å². The van der Waals surface area contributed by atoms with Gasteiger partial charge in [-0.3, -0.25) is 49.2 Å². The lowest BCUT2D eigenvalue weighted by atomic mass is 10.0. The van der Waals surface area contributed by atoms with Crippen LogP contribution in [-0.4, -0.2) is 90.7 Å². The maximum atomic E-state index is 13.8. The Kier molecular flexibility index (Phi) is 8.04. The lowest BCUT2D eigenvalue weighted by Gasteiger charge is -2.22. The Morgan fingerprint density at radius 1 is 0.574 bits per heavy atom. The topological polar surface area (TPSA) is 195 Å². The van der Waals surface area contributed by atoms with Crippen molar-refractivity contribution in [3.8, 4) is 0 Å². The first-order valence-corrected chi connectivity index (χ1v) is 17.4. The summed E-state index contributed by atoms with van der Waals surface area (Å²) < 4.78 is 3.70. The third-order valence-corrected chi connectivity index (χ3v) is 10.6. The molecule has 2 aromatic heterocycles. The fourth-order valence-electron chi connectivity index (χ4n) is 8.00. The average Bonchev–Trinajstić information content (AvgIpc) is 3.78. The van der Waals surface area contributed by atoms with Crippen LogP contribution in [0.4, 0.5) is 11.4 Å². The summed E-state index contributed by atoms with van der Waals surface area (Å²) in [5, 5.41) is 31.7. The molecule has 0 saturated carbocycles. The summed E-state index contributed by atoms with van der Waals surface area (Å²) in [4.78, 5) is 78.9. The normalized spacial score (nSPS) is 15.3. The smallest absolute Gasteiger partial charge is 0.270 e. The first-order valence-electron chi connectivity index (χ1n) is 17.4. The molecule has 4 amide bonds. The largest absolute Gasteiger partial charge is 0.344 e. The highest BCUT2D eigenvalue weighted by Crippen LogP contribution is 2.39. The van der Waals surface area contributed by atoms with Crippen LogP contribution in [0, 0.1) is 20.2 Å². The lowest BCUT2D eigenvalue weighted by molar-refractivity contribution is -0.384. The van der Waals surface area contributed by atoms with Gasteiger partial charge in [-0.25, -0.2) is 0 Å². The number of carbonyl (C=O) groups is 4. The number of fused-ring (bicyclic) bond motifs is 10. The predicted molar refractivity (Wildman–Crippen MR) is 200 cm³/mol. The van der Waals surface area contributed by atoms with E-state index in [0.29, 0.717) is 56.7 Å². The molecule has 0 radical (unpaired) electrons. The second-order valence-corrected chi connectivity index (χ2v) is 14.0. The number of hydrogen-bond donors (Lipinski definition) is 2. The van der Waals surface area contributed by atoms with Crippen LogP contribution in [0.15, 0.2) is 60.7 Å². The van der Waals surface area contributed by atoms with Crippen LogP contribution < -0.4 is 10.6 Å². The Morgan fingerprint density at radius 3 is 1.31 bits per heavy atom. The van der Waals surface area contributed by atoms with Crippen molar-refractivity contribution in [1.82, 2.24) is 29.6 Å². The maximum absolute atomic E-state index is 13.8. The van der Waals surface area contributed by atoms with Gasteiger partial charge in [0, 0.05) is 120 Å². The number of aryl methyl sites for hydroxylation is 2. The number of amides is 4. The van der Waals surface area contributed by atoms with Gasteiger partial charge in [0.1, 0.15) is 0 Å². The van der Waals surface area contributed by atoms with Gasteiger partial charge in [-0.15, -0.1) is 0 Å². The van der Waals surface area contributed by atoms with Crippen molar-refractivity contribution in [1.29, 1.82) is 0 Å². The molecule has 16 nitrogen and oxygen atoms in total. The van der Waals surface area contributed by atoms with E-state index in [4.69, 9.17) is 0 Å². The second-order valence-electron chi connectivity index (χ2n) is 14.0. The van der Waals surface area contributed by atoms with Crippen LogP contribution in [0.25, 0.3) is 43.6 Å². The van der Waals surface area contributed by atoms with Gasteiger partial charge in [-0.2, -0.15) is 0 Å². The van der Waals surface area contributed by atoms with E-state index in [1.54, 1.807) is 36.4 Å². The number of aromatic nitrogens is 2. The van der Waals surface area contributed by atoms with Gasteiger partial charge in [0.05, 0.1) is 32.1 Å². The third kappa shape index (κ3) is 5.13. The molecular formula is C38H34N8O8. The van der Waals surface area contributed by atoms with Crippen molar-refractivity contribution < 1.29 is 29.0 Å². The molecule has 2 N–H and O–H groups in total. The minimum absolute atomic E-state index is 0.0924. The number of nitro groups is 2. The molecule has 0 bridgehead atoms. The highest BCUT2D eigenvalue weighted by Gasteiger charge is 2.40. The quantitative estimate of drug-likeness (QED) is 0.0821. The molecule has 16 heteroatoms. The summed E-state index contributed by atoms with van der Waals surface area (Å²) in [5.74, 6) is -1.78. The summed E-state index contributed by atoms with van der Waals surface area (Å²) in [6, 6.07) is 15.2. The number of nitro benzene ring substituents is 2. The van der Waals surface area contributed by atoms with E-state index >= 15 is 0 Å². The number of non-ortho nitro benzene ring substituents is 2. The zero-order valence-corrected chi connectivity index (χ0v) is 29.7. The van der Waals surface area contributed by atoms with Crippen LogP contribution in [-0.2, 0) is 14.1 Å². The molecule has 4 aromatic carbocycles. The van der Waals surface area contributed by atoms with Gasteiger partial charge in [-0.05, 0) is 50.2 Å². The zero-order valence-electron chi connectivity index (χ0n) is 29.7. The summed E-state index contributed by atoms with van der Waals surface area (Å²) in [6.07, 6.45) is 0. The summed E-state index contributed by atoms with van der Waals surface area (Å²) in [6.45, 7) is 4.79. The van der Waals surface area contributed by atoms with Gasteiger partial charge < -0.3 is 19.8 Å². The highest BCUT2D eigenvalue weighted by atomic mass is 16.6. The van der Waals surface area contributed by atoms with Crippen LogP contribution in [0.5, 0.6) is 0 Å². The number of nitrogens with one attached hydrogen (secondary N) is 2. The molecule has 274 valence electrons. The average molecular weight is 731 g/mol. The molecule has 0 saturated heterocycles. The Hall–Kier alpha value is -6.52. The Morgan fingerprint density at radius 2 is 0.944 bits per heavy atom. The Labute approximate surface area is 306 Å². The van der Waals surface area contributed by atoms with Crippen molar-refractivity contribution in [2.45, 2.75) is 25.9 Å². The number of hydrogen-bond acceptors (Lipinski definition) is 10. The molecule has 2 atom stereocenters. The SMILES string of the molecule is C[C@H](CN1C(=O)c2ccc3c(c2C1=O)c1cc([N+](=O)[O-])ccc1n3C)NCCN[C@H](C)CN1C(=O)c2ccc3c(c2C1=O)c1cc([N+](=O)[O-])ccc1n3C. The standard InChI is InChI=1S/C38H34N8O8/c1-19(17-43-35(47)23-7-11-29-31(33(23)37(43)49)25-15-21(45(51)52)5-9-27(25)41(29)3)39-13-14-40-20(2)18-44-36(48)24-8-12-30-32(34(24)38(44)50)26-16-22(46(53)54)6-10-28(26)42(30)4/h5-12,15-16,19-20,39-40H,13-14,17-18H2,1-4H3/t19-,20-/m1/s1. The van der Waals surface area contributed by atoms with E-state index in [2.05, 4.69) is 10.6 Å². The van der Waals surface area contributed by atoms with Gasteiger partial charge in [0.15, 0.2) is 0 Å². The summed E-state index contributed by atoms with van der Waals surface area (Å²) in [5.41, 5.74) is 3.56. The van der Waals surface area contributed by atoms with Crippen molar-refractivity contribution >= 4 is 78.6 Å². The third-order valence-electron chi connectivity index (χ3n) is 10.6. The molecule has 0 spiro atoms. The van der Waals surface area contributed by atoms with Crippen LogP contribution in [0.1, 0.15) is 55.3 Å². The van der Waals surface area contributed by atoms with E-state index < -0.39 is 33.5 Å². The van der Waals surface area contributed by atoms with Crippen molar-refractivity contribution in [3.05, 3.63) is 103 Å². The molecule has 2 aliphatic heterocycles. The van der Waals surface area contributed by atoms with Gasteiger partial charge in [0.25, 0.3) is 35.0 Å². The molecule has 0 aliphatic carbocycles. The molecule has 6 aromatic rings. The Bertz CT molecular complexity index is 2510.